The molecule has 0 aliphatic rings. The van der Waals surface area contributed by atoms with Gasteiger partial charge in [0.15, 0.2) is 0 Å². The first kappa shape index (κ1) is 20.6. The maximum atomic E-state index is 13.7. The second kappa shape index (κ2) is 8.29. The van der Waals surface area contributed by atoms with Gasteiger partial charge in [0.1, 0.15) is 11.6 Å². The molecule has 0 heterocycles. The lowest BCUT2D eigenvalue weighted by atomic mass is 9.87. The first-order valence-electron chi connectivity index (χ1n) is 8.71. The van der Waals surface area contributed by atoms with Crippen molar-refractivity contribution in [1.29, 1.82) is 0 Å². The van der Waals surface area contributed by atoms with E-state index in [0.717, 1.165) is 17.7 Å². The van der Waals surface area contributed by atoms with Gasteiger partial charge < -0.3 is 10.6 Å². The lowest BCUT2D eigenvalue weighted by Crippen LogP contribution is -2.38. The number of benzene rings is 2. The van der Waals surface area contributed by atoms with Crippen LogP contribution in [0.2, 0.25) is 0 Å². The maximum Gasteiger partial charge on any atom is 0.251 e. The third-order valence-corrected chi connectivity index (χ3v) is 4.23. The van der Waals surface area contributed by atoms with Crippen LogP contribution in [-0.2, 0) is 10.2 Å². The van der Waals surface area contributed by atoms with Gasteiger partial charge in [-0.2, -0.15) is 0 Å². The normalized spacial score (nSPS) is 12.4. The molecule has 2 amide bonds. The van der Waals surface area contributed by atoms with E-state index in [4.69, 9.17) is 0 Å². The van der Waals surface area contributed by atoms with Crippen LogP contribution >= 0.6 is 0 Å². The average Bonchev–Trinajstić information content (AvgIpc) is 2.58. The van der Waals surface area contributed by atoms with Crippen molar-refractivity contribution in [2.24, 2.45) is 0 Å². The molecule has 27 heavy (non-hydrogen) atoms. The molecule has 0 aliphatic heterocycles. The summed E-state index contributed by atoms with van der Waals surface area (Å²) in [6.45, 7) is 7.58. The number of nitrogens with one attached hydrogen (secondary N) is 2. The number of amides is 2. The Kier molecular flexibility index (Phi) is 6.31. The van der Waals surface area contributed by atoms with Gasteiger partial charge in [-0.05, 0) is 36.1 Å². The van der Waals surface area contributed by atoms with Crippen molar-refractivity contribution in [3.8, 4) is 0 Å². The highest BCUT2D eigenvalue weighted by Crippen LogP contribution is 2.22. The number of carbonyl (C=O) groups is 2. The second-order valence-electron chi connectivity index (χ2n) is 7.47. The van der Waals surface area contributed by atoms with Crippen molar-refractivity contribution in [3.05, 3.63) is 70.8 Å². The van der Waals surface area contributed by atoms with Gasteiger partial charge in [-0.25, -0.2) is 8.78 Å². The van der Waals surface area contributed by atoms with E-state index in [2.05, 4.69) is 31.4 Å². The van der Waals surface area contributed by atoms with Crippen LogP contribution in [0, 0.1) is 11.6 Å². The minimum absolute atomic E-state index is 0.0132. The van der Waals surface area contributed by atoms with Crippen molar-refractivity contribution >= 4 is 11.8 Å². The van der Waals surface area contributed by atoms with E-state index in [-0.39, 0.29) is 23.4 Å². The predicted octanol–water partition coefficient (Wildman–Crippen LogP) is 3.87. The third kappa shape index (κ3) is 5.61. The molecule has 0 bridgehead atoms. The van der Waals surface area contributed by atoms with E-state index in [0.29, 0.717) is 5.56 Å². The largest absolute Gasteiger partial charge is 0.348 e. The van der Waals surface area contributed by atoms with Crippen LogP contribution in [0.25, 0.3) is 0 Å². The van der Waals surface area contributed by atoms with Crippen molar-refractivity contribution in [1.82, 2.24) is 10.6 Å². The zero-order chi connectivity index (χ0) is 20.2. The van der Waals surface area contributed by atoms with Crippen LogP contribution in [-0.4, -0.2) is 18.4 Å². The molecule has 0 fully saturated rings. The number of carbonyl (C=O) groups excluding carboxylic acids is 2. The van der Waals surface area contributed by atoms with Crippen LogP contribution < -0.4 is 10.6 Å². The van der Waals surface area contributed by atoms with Crippen molar-refractivity contribution in [2.45, 2.75) is 39.2 Å². The minimum Gasteiger partial charge on any atom is -0.348 e. The quantitative estimate of drug-likeness (QED) is 0.835. The summed E-state index contributed by atoms with van der Waals surface area (Å²) in [5, 5.41) is 5.11. The lowest BCUT2D eigenvalue weighted by molar-refractivity contribution is -0.120. The van der Waals surface area contributed by atoms with Gasteiger partial charge >= 0.3 is 0 Å². The molecule has 2 N–H and O–H groups in total. The molecule has 4 nitrogen and oxygen atoms in total. The zero-order valence-electron chi connectivity index (χ0n) is 15.9. The zero-order valence-corrected chi connectivity index (χ0v) is 15.9. The summed E-state index contributed by atoms with van der Waals surface area (Å²) in [7, 11) is 0. The Morgan fingerprint density at radius 2 is 1.67 bits per heavy atom. The van der Waals surface area contributed by atoms with Gasteiger partial charge in [-0.15, -0.1) is 0 Å². The first-order chi connectivity index (χ1) is 12.6. The van der Waals surface area contributed by atoms with Crippen molar-refractivity contribution in [2.75, 3.05) is 6.54 Å². The topological polar surface area (TPSA) is 58.2 Å². The molecule has 1 atom stereocenters. The number of rotatable bonds is 5. The third-order valence-electron chi connectivity index (χ3n) is 4.23. The molecular formula is C21H24F2N2O2. The van der Waals surface area contributed by atoms with Gasteiger partial charge in [0, 0.05) is 17.2 Å². The van der Waals surface area contributed by atoms with Crippen LogP contribution in [0.5, 0.6) is 0 Å². The van der Waals surface area contributed by atoms with E-state index in [1.165, 1.54) is 6.07 Å². The van der Waals surface area contributed by atoms with Crippen molar-refractivity contribution < 1.29 is 18.4 Å². The average molecular weight is 374 g/mol. The molecule has 0 radical (unpaired) electrons. The molecule has 2 aromatic carbocycles. The fourth-order valence-electron chi connectivity index (χ4n) is 2.61. The lowest BCUT2D eigenvalue weighted by Gasteiger charge is -2.19. The van der Waals surface area contributed by atoms with Crippen LogP contribution in [0.3, 0.4) is 0 Å². The van der Waals surface area contributed by atoms with Gasteiger partial charge in [-0.3, -0.25) is 9.59 Å². The summed E-state index contributed by atoms with van der Waals surface area (Å²) in [5.41, 5.74) is 1.72. The Hall–Kier alpha value is -2.76. The summed E-state index contributed by atoms with van der Waals surface area (Å²) in [6, 6.07) is 9.72. The van der Waals surface area contributed by atoms with E-state index in [1.54, 1.807) is 19.1 Å². The SMILES string of the molecule is CC(NC(=O)CNC(=O)c1ccc(C(C)(C)C)cc1)c1ccc(F)cc1F. The fourth-order valence-corrected chi connectivity index (χ4v) is 2.61. The second-order valence-corrected chi connectivity index (χ2v) is 7.47. The Morgan fingerprint density at radius 3 is 2.22 bits per heavy atom. The summed E-state index contributed by atoms with van der Waals surface area (Å²) in [4.78, 5) is 24.2. The highest BCUT2D eigenvalue weighted by atomic mass is 19.1. The molecule has 0 saturated carbocycles. The molecular weight excluding hydrogens is 350 g/mol. The van der Waals surface area contributed by atoms with Gasteiger partial charge in [0.05, 0.1) is 12.6 Å². The Morgan fingerprint density at radius 1 is 1.04 bits per heavy atom. The van der Waals surface area contributed by atoms with Gasteiger partial charge in [-0.1, -0.05) is 39.0 Å². The highest BCUT2D eigenvalue weighted by molar-refractivity contribution is 5.96. The number of hydrogen-bond donors (Lipinski definition) is 2. The summed E-state index contributed by atoms with van der Waals surface area (Å²) in [6.07, 6.45) is 0. The summed E-state index contributed by atoms with van der Waals surface area (Å²) < 4.78 is 26.7. The Balaban J connectivity index is 1.90. The van der Waals surface area contributed by atoms with Crippen LogP contribution in [0.4, 0.5) is 8.78 Å². The van der Waals surface area contributed by atoms with E-state index >= 15 is 0 Å². The van der Waals surface area contributed by atoms with Gasteiger partial charge in [0.2, 0.25) is 5.91 Å². The molecule has 0 saturated heterocycles. The standard InChI is InChI=1S/C21H24F2N2O2/c1-13(17-10-9-16(22)11-18(17)23)25-19(26)12-24-20(27)14-5-7-15(8-6-14)21(2,3)4/h5-11,13H,12H2,1-4H3,(H,24,27)(H,25,26). The molecule has 2 aromatic rings. The van der Waals surface area contributed by atoms with Crippen LogP contribution in [0.1, 0.15) is 55.2 Å². The molecule has 2 rings (SSSR count). The minimum atomic E-state index is -0.731. The number of halogens is 2. The summed E-state index contributed by atoms with van der Waals surface area (Å²) in [5.74, 6) is -2.25. The molecule has 6 heteroatoms. The molecule has 0 aliphatic carbocycles. The number of hydrogen-bond acceptors (Lipinski definition) is 2. The molecule has 0 spiro atoms. The van der Waals surface area contributed by atoms with Gasteiger partial charge in [0.25, 0.3) is 5.91 Å². The molecule has 1 unspecified atom stereocenters. The molecule has 144 valence electrons. The Bertz CT molecular complexity index is 827. The maximum absolute atomic E-state index is 13.7. The monoisotopic (exact) mass is 374 g/mol. The summed E-state index contributed by atoms with van der Waals surface area (Å²) >= 11 is 0. The van der Waals surface area contributed by atoms with E-state index < -0.39 is 23.6 Å². The van der Waals surface area contributed by atoms with Crippen LogP contribution in [0.15, 0.2) is 42.5 Å². The predicted molar refractivity (Wildman–Crippen MR) is 100 cm³/mol. The van der Waals surface area contributed by atoms with E-state index in [9.17, 15) is 18.4 Å². The van der Waals surface area contributed by atoms with Crippen molar-refractivity contribution in [3.63, 3.8) is 0 Å². The highest BCUT2D eigenvalue weighted by Gasteiger charge is 2.16. The molecule has 0 aromatic heterocycles. The smallest absolute Gasteiger partial charge is 0.251 e. The fraction of sp³-hybridized carbons (Fsp3) is 0.333. The Labute approximate surface area is 158 Å². The first-order valence-corrected chi connectivity index (χ1v) is 8.71. The van der Waals surface area contributed by atoms with E-state index in [1.807, 2.05) is 12.1 Å².